The predicted molar refractivity (Wildman–Crippen MR) is 70.8 cm³/mol. The molecule has 2 rings (SSSR count). The van der Waals surface area contributed by atoms with Gasteiger partial charge in [-0.3, -0.25) is 4.79 Å². The van der Waals surface area contributed by atoms with Crippen LogP contribution in [0.4, 0.5) is 0 Å². The zero-order valence-electron chi connectivity index (χ0n) is 11.4. The monoisotopic (exact) mass is 290 g/mol. The fraction of sp³-hybridized carbons (Fsp3) is 0.917. The molecule has 0 radical (unpaired) electrons. The summed E-state index contributed by atoms with van der Waals surface area (Å²) in [7, 11) is -3.51. The van der Waals surface area contributed by atoms with Crippen LogP contribution in [0.1, 0.15) is 33.1 Å². The van der Waals surface area contributed by atoms with Crippen LogP contribution in [0.25, 0.3) is 0 Å². The Labute approximate surface area is 114 Å². The lowest BCUT2D eigenvalue weighted by atomic mass is 9.99. The van der Waals surface area contributed by atoms with Gasteiger partial charge in [-0.15, -0.1) is 0 Å². The smallest absolute Gasteiger partial charge is 0.308 e. The first-order valence-electron chi connectivity index (χ1n) is 6.83. The fourth-order valence-electron chi connectivity index (χ4n) is 3.00. The van der Waals surface area contributed by atoms with E-state index in [2.05, 4.69) is 0 Å². The van der Waals surface area contributed by atoms with Crippen molar-refractivity contribution >= 4 is 16.2 Å². The van der Waals surface area contributed by atoms with Crippen molar-refractivity contribution < 1.29 is 18.3 Å². The van der Waals surface area contributed by atoms with Gasteiger partial charge in [0.1, 0.15) is 0 Å². The summed E-state index contributed by atoms with van der Waals surface area (Å²) in [4.78, 5) is 11.1. The van der Waals surface area contributed by atoms with Gasteiger partial charge in [-0.2, -0.15) is 17.0 Å². The van der Waals surface area contributed by atoms with Crippen molar-refractivity contribution in [1.29, 1.82) is 0 Å². The lowest BCUT2D eigenvalue weighted by Gasteiger charge is -2.35. The molecule has 0 aromatic carbocycles. The summed E-state index contributed by atoms with van der Waals surface area (Å²) in [5.41, 5.74) is 0. The van der Waals surface area contributed by atoms with Gasteiger partial charge >= 0.3 is 5.97 Å². The van der Waals surface area contributed by atoms with E-state index < -0.39 is 22.1 Å². The molecule has 3 atom stereocenters. The van der Waals surface area contributed by atoms with E-state index in [0.29, 0.717) is 13.1 Å². The fourth-order valence-corrected chi connectivity index (χ4v) is 4.98. The zero-order valence-corrected chi connectivity index (χ0v) is 12.3. The molecular weight excluding hydrogens is 268 g/mol. The third-order valence-corrected chi connectivity index (χ3v) is 6.35. The largest absolute Gasteiger partial charge is 0.481 e. The molecule has 1 N–H and O–H groups in total. The quantitative estimate of drug-likeness (QED) is 0.832. The van der Waals surface area contributed by atoms with Gasteiger partial charge in [-0.1, -0.05) is 13.3 Å². The third-order valence-electron chi connectivity index (χ3n) is 4.26. The summed E-state index contributed by atoms with van der Waals surface area (Å²) in [5, 5.41) is 9.09. The van der Waals surface area contributed by atoms with Crippen LogP contribution < -0.4 is 0 Å². The van der Waals surface area contributed by atoms with Crippen molar-refractivity contribution in [3.8, 4) is 0 Å². The number of aliphatic carboxylic acids is 1. The molecule has 0 aliphatic carbocycles. The Morgan fingerprint density at radius 2 is 1.89 bits per heavy atom. The normalized spacial score (nSPS) is 34.5. The number of rotatable bonds is 3. The van der Waals surface area contributed by atoms with Crippen molar-refractivity contribution in [2.24, 2.45) is 11.8 Å². The van der Waals surface area contributed by atoms with Crippen LogP contribution in [-0.4, -0.2) is 53.8 Å². The molecule has 110 valence electrons. The Bertz CT molecular complexity index is 451. The molecule has 2 aliphatic heterocycles. The van der Waals surface area contributed by atoms with Crippen molar-refractivity contribution in [3.05, 3.63) is 0 Å². The molecule has 3 unspecified atom stereocenters. The molecule has 0 aromatic heterocycles. The second kappa shape index (κ2) is 5.38. The maximum Gasteiger partial charge on any atom is 0.308 e. The van der Waals surface area contributed by atoms with Crippen LogP contribution >= 0.6 is 0 Å². The van der Waals surface area contributed by atoms with E-state index in [9.17, 15) is 13.2 Å². The highest BCUT2D eigenvalue weighted by atomic mass is 32.2. The molecule has 6 nitrogen and oxygen atoms in total. The standard InChI is InChI=1S/C12H22N2O4S/c1-9-7-13(8-11(9)12(15)16)19(17,18)14-6-4-3-5-10(14)2/h9-11H,3-8H2,1-2H3,(H,15,16). The molecule has 19 heavy (non-hydrogen) atoms. The summed E-state index contributed by atoms with van der Waals surface area (Å²) in [6.45, 7) is 4.68. The molecule has 2 heterocycles. The Morgan fingerprint density at radius 1 is 1.21 bits per heavy atom. The number of nitrogens with zero attached hydrogens (tertiary/aromatic N) is 2. The van der Waals surface area contributed by atoms with Crippen LogP contribution in [0.15, 0.2) is 0 Å². The highest BCUT2D eigenvalue weighted by molar-refractivity contribution is 7.86. The molecule has 7 heteroatoms. The van der Waals surface area contributed by atoms with Crippen LogP contribution in [-0.2, 0) is 15.0 Å². The predicted octanol–water partition coefficient (Wildman–Crippen LogP) is 0.758. The second-order valence-electron chi connectivity index (χ2n) is 5.70. The van der Waals surface area contributed by atoms with Gasteiger partial charge in [0, 0.05) is 25.7 Å². The number of carboxylic acids is 1. The third kappa shape index (κ3) is 2.78. The summed E-state index contributed by atoms with van der Waals surface area (Å²) < 4.78 is 28.0. The molecule has 0 aromatic rings. The first kappa shape index (κ1) is 14.7. The first-order valence-corrected chi connectivity index (χ1v) is 8.23. The number of hydrogen-bond acceptors (Lipinski definition) is 3. The minimum absolute atomic E-state index is 0.0120. The van der Waals surface area contributed by atoms with E-state index in [-0.39, 0.29) is 18.5 Å². The van der Waals surface area contributed by atoms with Gasteiger partial charge in [0.2, 0.25) is 0 Å². The van der Waals surface area contributed by atoms with Gasteiger partial charge in [0.15, 0.2) is 0 Å². The van der Waals surface area contributed by atoms with Gasteiger partial charge in [0.25, 0.3) is 10.2 Å². The number of carboxylic acid groups (broad SMARTS) is 1. The van der Waals surface area contributed by atoms with Crippen LogP contribution in [0.3, 0.4) is 0 Å². The lowest BCUT2D eigenvalue weighted by Crippen LogP contribution is -2.49. The topological polar surface area (TPSA) is 77.9 Å². The van der Waals surface area contributed by atoms with E-state index in [1.54, 1.807) is 6.92 Å². The van der Waals surface area contributed by atoms with Crippen molar-refractivity contribution in [2.75, 3.05) is 19.6 Å². The summed E-state index contributed by atoms with van der Waals surface area (Å²) in [6.07, 6.45) is 2.82. The van der Waals surface area contributed by atoms with Gasteiger partial charge in [-0.05, 0) is 25.7 Å². The summed E-state index contributed by atoms with van der Waals surface area (Å²) in [5.74, 6) is -1.63. The zero-order chi connectivity index (χ0) is 14.2. The molecule has 0 spiro atoms. The first-order chi connectivity index (χ1) is 8.84. The Balaban J connectivity index is 2.15. The van der Waals surface area contributed by atoms with Gasteiger partial charge < -0.3 is 5.11 Å². The molecular formula is C12H22N2O4S. The van der Waals surface area contributed by atoms with Crippen LogP contribution in [0.5, 0.6) is 0 Å². The van der Waals surface area contributed by atoms with Crippen LogP contribution in [0, 0.1) is 11.8 Å². The van der Waals surface area contributed by atoms with Gasteiger partial charge in [0.05, 0.1) is 5.92 Å². The second-order valence-corrected chi connectivity index (χ2v) is 7.58. The maximum atomic E-state index is 12.6. The van der Waals surface area contributed by atoms with Crippen molar-refractivity contribution in [2.45, 2.75) is 39.2 Å². The van der Waals surface area contributed by atoms with E-state index >= 15 is 0 Å². The highest BCUT2D eigenvalue weighted by Crippen LogP contribution is 2.29. The molecule has 0 amide bonds. The Kier molecular flexibility index (Phi) is 4.17. The number of carbonyl (C=O) groups is 1. The summed E-state index contributed by atoms with van der Waals surface area (Å²) >= 11 is 0. The van der Waals surface area contributed by atoms with E-state index in [0.717, 1.165) is 19.3 Å². The van der Waals surface area contributed by atoms with E-state index in [1.165, 1.54) is 8.61 Å². The molecule has 2 saturated heterocycles. The SMILES string of the molecule is CC1CN(S(=O)(=O)N2CCCCC2C)CC1C(=O)O. The molecule has 2 aliphatic rings. The number of piperidine rings is 1. The minimum atomic E-state index is -3.51. The van der Waals surface area contributed by atoms with E-state index in [4.69, 9.17) is 5.11 Å². The van der Waals surface area contributed by atoms with Gasteiger partial charge in [-0.25, -0.2) is 0 Å². The van der Waals surface area contributed by atoms with Crippen molar-refractivity contribution in [1.82, 2.24) is 8.61 Å². The molecule has 0 bridgehead atoms. The average Bonchev–Trinajstić information content (AvgIpc) is 2.72. The number of hydrogen-bond donors (Lipinski definition) is 1. The van der Waals surface area contributed by atoms with Crippen LogP contribution in [0.2, 0.25) is 0 Å². The molecule has 2 fully saturated rings. The van der Waals surface area contributed by atoms with Crippen molar-refractivity contribution in [3.63, 3.8) is 0 Å². The van der Waals surface area contributed by atoms with E-state index in [1.807, 2.05) is 6.92 Å². The summed E-state index contributed by atoms with van der Waals surface area (Å²) in [6, 6.07) is 0.0120. The average molecular weight is 290 g/mol. The Hall–Kier alpha value is -0.660. The minimum Gasteiger partial charge on any atom is -0.481 e. The molecule has 0 saturated carbocycles. The maximum absolute atomic E-state index is 12.6. The Morgan fingerprint density at radius 3 is 2.42 bits per heavy atom. The lowest BCUT2D eigenvalue weighted by molar-refractivity contribution is -0.142. The highest BCUT2D eigenvalue weighted by Gasteiger charge is 2.43.